The van der Waals surface area contributed by atoms with Gasteiger partial charge in [0.2, 0.25) is 0 Å². The van der Waals surface area contributed by atoms with Crippen molar-refractivity contribution in [2.75, 3.05) is 0 Å². The Balaban J connectivity index is 3.33. The van der Waals surface area contributed by atoms with Crippen LogP contribution in [0.1, 0.15) is 110 Å². The summed E-state index contributed by atoms with van der Waals surface area (Å²) in [6.07, 6.45) is 15.9. The van der Waals surface area contributed by atoms with Crippen molar-refractivity contribution in [2.24, 2.45) is 0 Å². The molecule has 3 nitrogen and oxygen atoms in total. The zero-order valence-electron chi connectivity index (χ0n) is 14.8. The van der Waals surface area contributed by atoms with Crippen molar-refractivity contribution >= 4 is 11.9 Å². The van der Waals surface area contributed by atoms with Crippen molar-refractivity contribution in [3.63, 3.8) is 0 Å². The minimum Gasteiger partial charge on any atom is -0.393 e. The summed E-state index contributed by atoms with van der Waals surface area (Å²) in [5.41, 5.74) is 0. The number of carbonyl (C=O) groups is 2. The third kappa shape index (κ3) is 15.5. The summed E-state index contributed by atoms with van der Waals surface area (Å²) in [7, 11) is 0. The molecule has 0 aromatic rings. The van der Waals surface area contributed by atoms with Gasteiger partial charge in [-0.1, -0.05) is 84.5 Å². The average molecular weight is 312 g/mol. The molecule has 0 aliphatic carbocycles. The summed E-state index contributed by atoms with van der Waals surface area (Å²) in [6.45, 7) is 4.36. The number of ether oxygens (including phenoxy) is 1. The van der Waals surface area contributed by atoms with Crippen LogP contribution in [0.3, 0.4) is 0 Å². The Hall–Kier alpha value is -0.860. The van der Waals surface area contributed by atoms with Crippen LogP contribution >= 0.6 is 0 Å². The molecule has 0 aromatic carbocycles. The van der Waals surface area contributed by atoms with Gasteiger partial charge < -0.3 is 4.74 Å². The van der Waals surface area contributed by atoms with Crippen LogP contribution < -0.4 is 0 Å². The number of hydrogen-bond acceptors (Lipinski definition) is 3. The fourth-order valence-electron chi connectivity index (χ4n) is 2.51. The molecule has 0 aliphatic heterocycles. The minimum absolute atomic E-state index is 0.344. The van der Waals surface area contributed by atoms with Crippen molar-refractivity contribution in [1.82, 2.24) is 0 Å². The van der Waals surface area contributed by atoms with Gasteiger partial charge in [-0.3, -0.25) is 9.59 Å². The smallest absolute Gasteiger partial charge is 0.313 e. The van der Waals surface area contributed by atoms with Gasteiger partial charge in [0.05, 0.1) is 0 Å². The highest BCUT2D eigenvalue weighted by atomic mass is 16.6. The molecule has 0 saturated heterocycles. The molecule has 22 heavy (non-hydrogen) atoms. The van der Waals surface area contributed by atoms with Crippen LogP contribution in [-0.4, -0.2) is 11.9 Å². The van der Waals surface area contributed by atoms with E-state index in [1.807, 2.05) is 0 Å². The average Bonchev–Trinajstić information content (AvgIpc) is 2.50. The van der Waals surface area contributed by atoms with E-state index in [2.05, 4.69) is 13.8 Å². The summed E-state index contributed by atoms with van der Waals surface area (Å²) in [5, 5.41) is 0. The lowest BCUT2D eigenvalue weighted by atomic mass is 10.1. The van der Waals surface area contributed by atoms with Crippen LogP contribution in [0.15, 0.2) is 0 Å². The zero-order chi connectivity index (χ0) is 16.5. The number of hydrogen-bond donors (Lipinski definition) is 0. The van der Waals surface area contributed by atoms with E-state index < -0.39 is 0 Å². The number of carbonyl (C=O) groups excluding carboxylic acids is 2. The first-order valence-electron chi connectivity index (χ1n) is 9.44. The molecule has 130 valence electrons. The number of rotatable bonds is 15. The van der Waals surface area contributed by atoms with E-state index >= 15 is 0 Å². The predicted molar refractivity (Wildman–Crippen MR) is 91.7 cm³/mol. The molecule has 0 rings (SSSR count). The third-order valence-electron chi connectivity index (χ3n) is 3.95. The van der Waals surface area contributed by atoms with Crippen LogP contribution in [0.2, 0.25) is 0 Å². The lowest BCUT2D eigenvalue weighted by molar-refractivity contribution is -0.159. The Morgan fingerprint density at radius 3 is 1.27 bits per heavy atom. The fourth-order valence-corrected chi connectivity index (χ4v) is 2.51. The molecule has 0 bridgehead atoms. The van der Waals surface area contributed by atoms with Crippen LogP contribution in [0, 0.1) is 0 Å². The third-order valence-corrected chi connectivity index (χ3v) is 3.95. The van der Waals surface area contributed by atoms with Gasteiger partial charge in [-0.15, -0.1) is 0 Å². The molecule has 0 spiro atoms. The van der Waals surface area contributed by atoms with Gasteiger partial charge >= 0.3 is 11.9 Å². The van der Waals surface area contributed by atoms with Crippen molar-refractivity contribution in [1.29, 1.82) is 0 Å². The first-order valence-corrected chi connectivity index (χ1v) is 9.44. The summed E-state index contributed by atoms with van der Waals surface area (Å²) >= 11 is 0. The summed E-state index contributed by atoms with van der Waals surface area (Å²) in [5.74, 6) is -0.694. The molecule has 0 aromatic heterocycles. The Bertz CT molecular complexity index is 274. The lowest BCUT2D eigenvalue weighted by Gasteiger charge is -2.04. The van der Waals surface area contributed by atoms with Gasteiger partial charge in [-0.2, -0.15) is 0 Å². The quantitative estimate of drug-likeness (QED) is 0.213. The molecule has 0 saturated carbocycles. The lowest BCUT2D eigenvalue weighted by Crippen LogP contribution is -2.11. The highest BCUT2D eigenvalue weighted by molar-refractivity contribution is 5.85. The highest BCUT2D eigenvalue weighted by Gasteiger charge is 2.09. The standard InChI is InChI=1S/C19H36O3/c1-3-5-7-9-10-11-12-13-15-17-19(21)22-18(20)16-14-8-6-4-2/h3-17H2,1-2H3. The van der Waals surface area contributed by atoms with Gasteiger partial charge in [-0.05, 0) is 12.8 Å². The summed E-state index contributed by atoms with van der Waals surface area (Å²) in [6, 6.07) is 0. The molecule has 0 atom stereocenters. The SMILES string of the molecule is CCCCCCCCCCCC(=O)OC(=O)CCCCCC. The van der Waals surface area contributed by atoms with Gasteiger partial charge in [0, 0.05) is 12.8 Å². The Morgan fingerprint density at radius 1 is 0.545 bits per heavy atom. The summed E-state index contributed by atoms with van der Waals surface area (Å²) in [4.78, 5) is 22.9. The van der Waals surface area contributed by atoms with Gasteiger partial charge in [0.1, 0.15) is 0 Å². The van der Waals surface area contributed by atoms with E-state index in [1.165, 1.54) is 44.9 Å². The molecule has 0 N–H and O–H groups in total. The molecular weight excluding hydrogens is 276 g/mol. The van der Waals surface area contributed by atoms with Crippen molar-refractivity contribution in [2.45, 2.75) is 110 Å². The van der Waals surface area contributed by atoms with E-state index in [9.17, 15) is 9.59 Å². The molecule has 0 radical (unpaired) electrons. The number of unbranched alkanes of at least 4 members (excludes halogenated alkanes) is 11. The van der Waals surface area contributed by atoms with Gasteiger partial charge in [-0.25, -0.2) is 0 Å². The molecular formula is C19H36O3. The second-order valence-electron chi connectivity index (χ2n) is 6.24. The summed E-state index contributed by atoms with van der Waals surface area (Å²) < 4.78 is 4.82. The van der Waals surface area contributed by atoms with Crippen LogP contribution in [-0.2, 0) is 14.3 Å². The highest BCUT2D eigenvalue weighted by Crippen LogP contribution is 2.11. The Labute approximate surface area is 137 Å². The monoisotopic (exact) mass is 312 g/mol. The molecule has 0 amide bonds. The largest absolute Gasteiger partial charge is 0.393 e. The maximum Gasteiger partial charge on any atom is 0.313 e. The second-order valence-corrected chi connectivity index (χ2v) is 6.24. The zero-order valence-corrected chi connectivity index (χ0v) is 14.8. The maximum absolute atomic E-state index is 11.5. The molecule has 0 fully saturated rings. The number of esters is 2. The molecule has 3 heteroatoms. The topological polar surface area (TPSA) is 43.4 Å². The first-order chi connectivity index (χ1) is 10.7. The second kappa shape index (κ2) is 16.5. The van der Waals surface area contributed by atoms with E-state index in [1.54, 1.807) is 0 Å². The normalized spacial score (nSPS) is 10.6. The van der Waals surface area contributed by atoms with Crippen molar-refractivity contribution in [3.8, 4) is 0 Å². The van der Waals surface area contributed by atoms with Crippen molar-refractivity contribution < 1.29 is 14.3 Å². The first kappa shape index (κ1) is 21.1. The Kier molecular flexibility index (Phi) is 15.9. The molecule has 0 heterocycles. The molecule has 0 unspecified atom stereocenters. The fraction of sp³-hybridized carbons (Fsp3) is 0.895. The van der Waals surface area contributed by atoms with E-state index in [0.29, 0.717) is 12.8 Å². The Morgan fingerprint density at radius 2 is 0.864 bits per heavy atom. The van der Waals surface area contributed by atoms with E-state index in [0.717, 1.165) is 38.5 Å². The van der Waals surface area contributed by atoms with E-state index in [-0.39, 0.29) is 11.9 Å². The van der Waals surface area contributed by atoms with Crippen LogP contribution in [0.4, 0.5) is 0 Å². The van der Waals surface area contributed by atoms with Gasteiger partial charge in [0.15, 0.2) is 0 Å². The van der Waals surface area contributed by atoms with Crippen LogP contribution in [0.5, 0.6) is 0 Å². The van der Waals surface area contributed by atoms with Gasteiger partial charge in [0.25, 0.3) is 0 Å². The van der Waals surface area contributed by atoms with Crippen LogP contribution in [0.25, 0.3) is 0 Å². The maximum atomic E-state index is 11.5. The minimum atomic E-state index is -0.350. The van der Waals surface area contributed by atoms with Crippen molar-refractivity contribution in [3.05, 3.63) is 0 Å². The molecule has 0 aliphatic rings. The van der Waals surface area contributed by atoms with E-state index in [4.69, 9.17) is 4.74 Å². The predicted octanol–water partition coefficient (Wildman–Crippen LogP) is 5.95.